The minimum atomic E-state index is -0.512. The minimum absolute atomic E-state index is 0.512. The van der Waals surface area contributed by atoms with Crippen LogP contribution in [0.15, 0.2) is 11.6 Å². The second-order valence-corrected chi connectivity index (χ2v) is 3.72. The van der Waals surface area contributed by atoms with Crippen molar-refractivity contribution in [3.8, 4) is 0 Å². The Bertz CT molecular complexity index is 128. The molecule has 0 fully saturated rings. The molecule has 0 aromatic carbocycles. The van der Waals surface area contributed by atoms with Crippen molar-refractivity contribution < 1.29 is 5.11 Å². The number of allylic oxidation sites excluding steroid dienone is 2. The summed E-state index contributed by atoms with van der Waals surface area (Å²) >= 11 is 0. The maximum absolute atomic E-state index is 9.37. The lowest BCUT2D eigenvalue weighted by Crippen LogP contribution is -2.17. The van der Waals surface area contributed by atoms with Gasteiger partial charge in [-0.3, -0.25) is 0 Å². The van der Waals surface area contributed by atoms with Crippen LogP contribution in [0.25, 0.3) is 0 Å². The summed E-state index contributed by atoms with van der Waals surface area (Å²) in [6.07, 6.45) is 4.83. The Morgan fingerprint density at radius 3 is 2.45 bits per heavy atom. The van der Waals surface area contributed by atoms with Crippen LogP contribution < -0.4 is 0 Å². The van der Waals surface area contributed by atoms with E-state index in [0.717, 1.165) is 19.3 Å². The largest absolute Gasteiger partial charge is 0.390 e. The van der Waals surface area contributed by atoms with Crippen LogP contribution in [0, 0.1) is 6.92 Å². The van der Waals surface area contributed by atoms with E-state index in [0.29, 0.717) is 0 Å². The predicted octanol–water partition coefficient (Wildman–Crippen LogP) is 2.71. The molecule has 0 saturated heterocycles. The third-order valence-electron chi connectivity index (χ3n) is 1.71. The number of rotatable bonds is 4. The molecule has 0 aliphatic rings. The van der Waals surface area contributed by atoms with Crippen LogP contribution in [-0.2, 0) is 0 Å². The molecule has 0 bridgehead atoms. The first-order chi connectivity index (χ1) is 4.95. The second-order valence-electron chi connectivity index (χ2n) is 3.72. The summed E-state index contributed by atoms with van der Waals surface area (Å²) in [4.78, 5) is 0. The van der Waals surface area contributed by atoms with Gasteiger partial charge >= 0.3 is 0 Å². The van der Waals surface area contributed by atoms with Crippen LogP contribution in [0.4, 0.5) is 0 Å². The smallest absolute Gasteiger partial charge is 0.0591 e. The molecule has 0 aliphatic carbocycles. The molecule has 0 heterocycles. The minimum Gasteiger partial charge on any atom is -0.390 e. The van der Waals surface area contributed by atoms with Gasteiger partial charge in [-0.05, 0) is 47.0 Å². The summed E-state index contributed by atoms with van der Waals surface area (Å²) in [6.45, 7) is 9.43. The standard InChI is InChI=1S/C10H19O/c1-5-9(2)7-6-8-10(3,4)11/h5,11H,1,6-8H2,2-4H3/b9-5+. The third kappa shape index (κ3) is 7.60. The molecule has 1 heteroatoms. The lowest BCUT2D eigenvalue weighted by atomic mass is 9.99. The maximum Gasteiger partial charge on any atom is 0.0591 e. The normalized spacial score (nSPS) is 13.7. The molecule has 11 heavy (non-hydrogen) atoms. The fourth-order valence-corrected chi connectivity index (χ4v) is 0.902. The van der Waals surface area contributed by atoms with E-state index in [2.05, 4.69) is 13.8 Å². The van der Waals surface area contributed by atoms with Crippen LogP contribution in [0.5, 0.6) is 0 Å². The van der Waals surface area contributed by atoms with E-state index in [9.17, 15) is 5.11 Å². The van der Waals surface area contributed by atoms with Crippen LogP contribution in [0.1, 0.15) is 40.0 Å². The highest BCUT2D eigenvalue weighted by atomic mass is 16.3. The summed E-state index contributed by atoms with van der Waals surface area (Å²) in [5, 5.41) is 9.37. The molecule has 0 aliphatic heterocycles. The Balaban J connectivity index is 3.43. The molecule has 1 N–H and O–H groups in total. The fourth-order valence-electron chi connectivity index (χ4n) is 0.902. The van der Waals surface area contributed by atoms with E-state index in [1.54, 1.807) is 0 Å². The quantitative estimate of drug-likeness (QED) is 0.661. The van der Waals surface area contributed by atoms with E-state index in [1.807, 2.05) is 19.9 Å². The lowest BCUT2D eigenvalue weighted by Gasteiger charge is -2.16. The Morgan fingerprint density at radius 1 is 1.55 bits per heavy atom. The molecule has 0 atom stereocenters. The summed E-state index contributed by atoms with van der Waals surface area (Å²) in [6, 6.07) is 0. The third-order valence-corrected chi connectivity index (χ3v) is 1.71. The topological polar surface area (TPSA) is 20.2 Å². The van der Waals surface area contributed by atoms with Crippen molar-refractivity contribution >= 4 is 0 Å². The molecule has 0 unspecified atom stereocenters. The van der Waals surface area contributed by atoms with Gasteiger partial charge in [0, 0.05) is 0 Å². The van der Waals surface area contributed by atoms with Gasteiger partial charge in [-0.25, -0.2) is 0 Å². The number of hydrogen-bond acceptors (Lipinski definition) is 1. The van der Waals surface area contributed by atoms with Gasteiger partial charge in [-0.1, -0.05) is 11.6 Å². The molecule has 0 saturated carbocycles. The average molecular weight is 155 g/mol. The van der Waals surface area contributed by atoms with Gasteiger partial charge in [0.2, 0.25) is 0 Å². The molecule has 0 amide bonds. The van der Waals surface area contributed by atoms with E-state index in [4.69, 9.17) is 0 Å². The molecule has 1 radical (unpaired) electrons. The van der Waals surface area contributed by atoms with Gasteiger partial charge in [0.05, 0.1) is 5.60 Å². The van der Waals surface area contributed by atoms with E-state index >= 15 is 0 Å². The average Bonchev–Trinajstić information content (AvgIpc) is 1.85. The zero-order valence-corrected chi connectivity index (χ0v) is 7.85. The van der Waals surface area contributed by atoms with Crippen molar-refractivity contribution in [3.63, 3.8) is 0 Å². The fraction of sp³-hybridized carbons (Fsp3) is 0.700. The van der Waals surface area contributed by atoms with Crippen molar-refractivity contribution in [1.82, 2.24) is 0 Å². The first kappa shape index (κ1) is 10.7. The molecule has 65 valence electrons. The molecule has 0 aromatic rings. The Morgan fingerprint density at radius 2 is 2.09 bits per heavy atom. The van der Waals surface area contributed by atoms with Crippen LogP contribution in [0.3, 0.4) is 0 Å². The molecule has 0 rings (SSSR count). The van der Waals surface area contributed by atoms with Gasteiger partial charge in [-0.15, -0.1) is 0 Å². The second kappa shape index (κ2) is 4.55. The predicted molar refractivity (Wildman–Crippen MR) is 49.3 cm³/mol. The first-order valence-electron chi connectivity index (χ1n) is 4.13. The monoisotopic (exact) mass is 155 g/mol. The maximum atomic E-state index is 9.37. The Hall–Kier alpha value is -0.300. The van der Waals surface area contributed by atoms with Gasteiger partial charge < -0.3 is 5.11 Å². The van der Waals surface area contributed by atoms with Crippen LogP contribution in [0.2, 0.25) is 0 Å². The van der Waals surface area contributed by atoms with Crippen LogP contribution in [-0.4, -0.2) is 10.7 Å². The highest BCUT2D eigenvalue weighted by Crippen LogP contribution is 2.14. The van der Waals surface area contributed by atoms with Crippen LogP contribution >= 0.6 is 0 Å². The SMILES string of the molecule is [CH2]/C=C(\C)CCCC(C)(C)O. The van der Waals surface area contributed by atoms with E-state index in [1.165, 1.54) is 5.57 Å². The van der Waals surface area contributed by atoms with Crippen molar-refractivity contribution in [1.29, 1.82) is 0 Å². The Labute approximate surface area is 70.1 Å². The summed E-state index contributed by atoms with van der Waals surface area (Å²) in [5.74, 6) is 0. The van der Waals surface area contributed by atoms with Gasteiger partial charge in [0.15, 0.2) is 0 Å². The zero-order valence-electron chi connectivity index (χ0n) is 7.85. The van der Waals surface area contributed by atoms with Gasteiger partial charge in [0.25, 0.3) is 0 Å². The lowest BCUT2D eigenvalue weighted by molar-refractivity contribution is 0.0689. The molecule has 1 nitrogen and oxygen atoms in total. The zero-order chi connectivity index (χ0) is 8.91. The molecular formula is C10H19O. The van der Waals surface area contributed by atoms with Crippen molar-refractivity contribution in [2.24, 2.45) is 0 Å². The molecule has 0 aromatic heterocycles. The first-order valence-corrected chi connectivity index (χ1v) is 4.13. The van der Waals surface area contributed by atoms with Gasteiger partial charge in [-0.2, -0.15) is 0 Å². The van der Waals surface area contributed by atoms with Crippen molar-refractivity contribution in [2.45, 2.75) is 45.6 Å². The Kier molecular flexibility index (Phi) is 4.43. The number of aliphatic hydroxyl groups is 1. The number of hydrogen-bond donors (Lipinski definition) is 1. The summed E-state index contributed by atoms with van der Waals surface area (Å²) in [7, 11) is 0. The highest BCUT2D eigenvalue weighted by molar-refractivity contribution is 4.99. The van der Waals surface area contributed by atoms with Crippen molar-refractivity contribution in [3.05, 3.63) is 18.6 Å². The summed E-state index contributed by atoms with van der Waals surface area (Å²) < 4.78 is 0. The van der Waals surface area contributed by atoms with Crippen molar-refractivity contribution in [2.75, 3.05) is 0 Å². The van der Waals surface area contributed by atoms with E-state index < -0.39 is 5.60 Å². The van der Waals surface area contributed by atoms with E-state index in [-0.39, 0.29) is 0 Å². The highest BCUT2D eigenvalue weighted by Gasteiger charge is 2.10. The molecular weight excluding hydrogens is 136 g/mol. The van der Waals surface area contributed by atoms with Gasteiger partial charge in [0.1, 0.15) is 0 Å². The summed E-state index contributed by atoms with van der Waals surface area (Å²) in [5.41, 5.74) is 0.788. The molecule has 0 spiro atoms.